The highest BCUT2D eigenvalue weighted by Crippen LogP contribution is 2.40. The SMILES string of the molecule is CCc1ccccc1NC(=O)C1CC1C(=O)NCc1ccc2c(c1)OCO2. The van der Waals surface area contributed by atoms with Crippen LogP contribution in [-0.2, 0) is 22.6 Å². The van der Waals surface area contributed by atoms with Gasteiger partial charge in [0.1, 0.15) is 0 Å². The van der Waals surface area contributed by atoms with Crippen LogP contribution in [0.15, 0.2) is 42.5 Å². The summed E-state index contributed by atoms with van der Waals surface area (Å²) in [6, 6.07) is 13.3. The van der Waals surface area contributed by atoms with Crippen molar-refractivity contribution in [3.63, 3.8) is 0 Å². The van der Waals surface area contributed by atoms with E-state index in [1.165, 1.54) is 0 Å². The lowest BCUT2D eigenvalue weighted by molar-refractivity contribution is -0.125. The molecule has 27 heavy (non-hydrogen) atoms. The number of rotatable bonds is 6. The third-order valence-electron chi connectivity index (χ3n) is 5.02. The Morgan fingerprint density at radius 1 is 1.04 bits per heavy atom. The molecule has 2 aromatic carbocycles. The number of benzene rings is 2. The molecule has 6 heteroatoms. The molecule has 0 bridgehead atoms. The molecule has 1 aliphatic heterocycles. The summed E-state index contributed by atoms with van der Waals surface area (Å²) in [7, 11) is 0. The van der Waals surface area contributed by atoms with Crippen LogP contribution < -0.4 is 20.1 Å². The molecule has 1 fully saturated rings. The number of carbonyl (C=O) groups is 2. The van der Waals surface area contributed by atoms with Crippen molar-refractivity contribution in [3.8, 4) is 11.5 Å². The predicted octanol–water partition coefficient (Wildman–Crippen LogP) is 2.87. The molecule has 140 valence electrons. The van der Waals surface area contributed by atoms with Gasteiger partial charge in [0.15, 0.2) is 11.5 Å². The van der Waals surface area contributed by atoms with E-state index in [1.54, 1.807) is 0 Å². The van der Waals surface area contributed by atoms with Crippen LogP contribution in [0.5, 0.6) is 11.5 Å². The third-order valence-corrected chi connectivity index (χ3v) is 5.02. The molecule has 0 aromatic heterocycles. The van der Waals surface area contributed by atoms with E-state index >= 15 is 0 Å². The van der Waals surface area contributed by atoms with Crippen LogP contribution in [0.4, 0.5) is 5.69 Å². The number of carbonyl (C=O) groups excluding carboxylic acids is 2. The van der Waals surface area contributed by atoms with Gasteiger partial charge >= 0.3 is 0 Å². The number of amides is 2. The Kier molecular flexibility index (Phi) is 4.71. The van der Waals surface area contributed by atoms with E-state index < -0.39 is 0 Å². The van der Waals surface area contributed by atoms with Crippen molar-refractivity contribution in [2.75, 3.05) is 12.1 Å². The van der Waals surface area contributed by atoms with Crippen LogP contribution in [0.1, 0.15) is 24.5 Å². The van der Waals surface area contributed by atoms with Gasteiger partial charge < -0.3 is 20.1 Å². The van der Waals surface area contributed by atoms with Gasteiger partial charge in [-0.2, -0.15) is 0 Å². The minimum Gasteiger partial charge on any atom is -0.454 e. The van der Waals surface area contributed by atoms with E-state index in [9.17, 15) is 9.59 Å². The van der Waals surface area contributed by atoms with Crippen molar-refractivity contribution in [2.24, 2.45) is 11.8 Å². The molecule has 2 amide bonds. The number of fused-ring (bicyclic) bond motifs is 1. The van der Waals surface area contributed by atoms with Crippen LogP contribution in [0.3, 0.4) is 0 Å². The summed E-state index contributed by atoms with van der Waals surface area (Å²) < 4.78 is 10.6. The normalized spacial score (nSPS) is 19.4. The number of ether oxygens (including phenoxy) is 2. The first kappa shape index (κ1) is 17.4. The molecule has 0 saturated heterocycles. The molecule has 2 unspecified atom stereocenters. The van der Waals surface area contributed by atoms with E-state index in [0.29, 0.717) is 18.7 Å². The van der Waals surface area contributed by atoms with E-state index in [1.807, 2.05) is 42.5 Å². The Labute approximate surface area is 157 Å². The predicted molar refractivity (Wildman–Crippen MR) is 100 cm³/mol. The third kappa shape index (κ3) is 3.74. The molecular weight excluding hydrogens is 344 g/mol. The Hall–Kier alpha value is -3.02. The van der Waals surface area contributed by atoms with Gasteiger partial charge in [-0.25, -0.2) is 0 Å². The fraction of sp³-hybridized carbons (Fsp3) is 0.333. The van der Waals surface area contributed by atoms with Crippen molar-refractivity contribution >= 4 is 17.5 Å². The molecular formula is C21H22N2O4. The van der Waals surface area contributed by atoms with Crippen molar-refractivity contribution in [1.82, 2.24) is 5.32 Å². The second-order valence-corrected chi connectivity index (χ2v) is 6.85. The van der Waals surface area contributed by atoms with Crippen LogP contribution >= 0.6 is 0 Å². The van der Waals surface area contributed by atoms with Crippen LogP contribution in [0.2, 0.25) is 0 Å². The molecule has 1 heterocycles. The maximum atomic E-state index is 12.4. The molecule has 2 aromatic rings. The van der Waals surface area contributed by atoms with Gasteiger partial charge in [-0.3, -0.25) is 9.59 Å². The fourth-order valence-electron chi connectivity index (χ4n) is 3.32. The molecule has 0 spiro atoms. The highest BCUT2D eigenvalue weighted by Gasteiger charge is 2.48. The number of hydrogen-bond acceptors (Lipinski definition) is 4. The molecule has 1 aliphatic carbocycles. The number of nitrogens with one attached hydrogen (secondary N) is 2. The molecule has 1 saturated carbocycles. The quantitative estimate of drug-likeness (QED) is 0.824. The summed E-state index contributed by atoms with van der Waals surface area (Å²) >= 11 is 0. The van der Waals surface area contributed by atoms with Gasteiger partial charge in [0.05, 0.1) is 11.8 Å². The van der Waals surface area contributed by atoms with E-state index in [-0.39, 0.29) is 30.4 Å². The highest BCUT2D eigenvalue weighted by atomic mass is 16.7. The molecule has 0 radical (unpaired) electrons. The summed E-state index contributed by atoms with van der Waals surface area (Å²) in [5.74, 6) is 0.728. The zero-order valence-electron chi connectivity index (χ0n) is 15.2. The minimum atomic E-state index is -0.258. The number of para-hydroxylation sites is 1. The van der Waals surface area contributed by atoms with Gasteiger partial charge in [-0.05, 0) is 42.2 Å². The Balaban J connectivity index is 1.29. The van der Waals surface area contributed by atoms with Crippen molar-refractivity contribution in [2.45, 2.75) is 26.3 Å². The Bertz CT molecular complexity index is 880. The number of hydrogen-bond donors (Lipinski definition) is 2. The maximum Gasteiger partial charge on any atom is 0.231 e. The van der Waals surface area contributed by atoms with Crippen molar-refractivity contribution in [1.29, 1.82) is 0 Å². The number of anilines is 1. The van der Waals surface area contributed by atoms with Gasteiger partial charge in [0, 0.05) is 12.2 Å². The summed E-state index contributed by atoms with van der Waals surface area (Å²) in [5.41, 5.74) is 2.86. The smallest absolute Gasteiger partial charge is 0.231 e. The number of aryl methyl sites for hydroxylation is 1. The fourth-order valence-corrected chi connectivity index (χ4v) is 3.32. The second-order valence-electron chi connectivity index (χ2n) is 6.85. The summed E-state index contributed by atoms with van der Waals surface area (Å²) in [6.45, 7) is 2.68. The lowest BCUT2D eigenvalue weighted by atomic mass is 10.1. The molecule has 2 atom stereocenters. The standard InChI is InChI=1S/C21H22N2O4/c1-2-14-5-3-4-6-17(14)23-21(25)16-10-15(16)20(24)22-11-13-7-8-18-19(9-13)27-12-26-18/h3-9,15-16H,2,10-12H2,1H3,(H,22,24)(H,23,25). The van der Waals surface area contributed by atoms with Gasteiger partial charge in [0.25, 0.3) is 0 Å². The molecule has 4 rings (SSSR count). The van der Waals surface area contributed by atoms with E-state index in [0.717, 1.165) is 29.0 Å². The van der Waals surface area contributed by atoms with Crippen LogP contribution in [-0.4, -0.2) is 18.6 Å². The van der Waals surface area contributed by atoms with Gasteiger partial charge in [-0.15, -0.1) is 0 Å². The van der Waals surface area contributed by atoms with Crippen LogP contribution in [0.25, 0.3) is 0 Å². The first-order valence-electron chi connectivity index (χ1n) is 9.20. The van der Waals surface area contributed by atoms with Crippen molar-refractivity contribution < 1.29 is 19.1 Å². The average molecular weight is 366 g/mol. The summed E-state index contributed by atoms with van der Waals surface area (Å²) in [5, 5.41) is 5.87. The monoisotopic (exact) mass is 366 g/mol. The lowest BCUT2D eigenvalue weighted by Crippen LogP contribution is -2.27. The Morgan fingerprint density at radius 2 is 1.81 bits per heavy atom. The average Bonchev–Trinajstić information content (AvgIpc) is 3.36. The molecule has 2 N–H and O–H groups in total. The topological polar surface area (TPSA) is 76.7 Å². The summed E-state index contributed by atoms with van der Waals surface area (Å²) in [6.07, 6.45) is 1.44. The maximum absolute atomic E-state index is 12.4. The zero-order chi connectivity index (χ0) is 18.8. The van der Waals surface area contributed by atoms with Gasteiger partial charge in [0.2, 0.25) is 18.6 Å². The first-order chi connectivity index (χ1) is 13.2. The summed E-state index contributed by atoms with van der Waals surface area (Å²) in [4.78, 5) is 24.8. The lowest BCUT2D eigenvalue weighted by Gasteiger charge is -2.10. The second kappa shape index (κ2) is 7.31. The van der Waals surface area contributed by atoms with E-state index in [2.05, 4.69) is 17.6 Å². The van der Waals surface area contributed by atoms with E-state index in [4.69, 9.17) is 9.47 Å². The van der Waals surface area contributed by atoms with Gasteiger partial charge in [-0.1, -0.05) is 31.2 Å². The highest BCUT2D eigenvalue weighted by molar-refractivity contribution is 5.99. The molecule has 6 nitrogen and oxygen atoms in total. The van der Waals surface area contributed by atoms with Crippen LogP contribution in [0, 0.1) is 11.8 Å². The zero-order valence-corrected chi connectivity index (χ0v) is 15.2. The minimum absolute atomic E-state index is 0.0841. The first-order valence-corrected chi connectivity index (χ1v) is 9.20. The Morgan fingerprint density at radius 3 is 2.67 bits per heavy atom. The molecule has 2 aliphatic rings. The van der Waals surface area contributed by atoms with Crippen molar-refractivity contribution in [3.05, 3.63) is 53.6 Å². The largest absolute Gasteiger partial charge is 0.454 e.